The van der Waals surface area contributed by atoms with Crippen LogP contribution in [0, 0.1) is 5.82 Å². The average molecular weight is 271 g/mol. The molecule has 0 radical (unpaired) electrons. The second-order valence-electron chi connectivity index (χ2n) is 4.02. The molecule has 0 saturated heterocycles. The highest BCUT2D eigenvalue weighted by atomic mass is 19.1. The van der Waals surface area contributed by atoms with Gasteiger partial charge in [-0.15, -0.1) is 0 Å². The predicted octanol–water partition coefficient (Wildman–Crippen LogP) is 1.59. The molecule has 4 nitrogen and oxygen atoms in total. The van der Waals surface area contributed by atoms with E-state index in [0.29, 0.717) is 39.6 Å². The van der Waals surface area contributed by atoms with Crippen LogP contribution in [0.25, 0.3) is 0 Å². The van der Waals surface area contributed by atoms with Crippen LogP contribution in [0.1, 0.15) is 5.56 Å². The summed E-state index contributed by atoms with van der Waals surface area (Å²) >= 11 is 0. The van der Waals surface area contributed by atoms with Crippen LogP contribution in [0.5, 0.6) is 0 Å². The van der Waals surface area contributed by atoms with E-state index in [2.05, 4.69) is 5.32 Å². The van der Waals surface area contributed by atoms with Crippen LogP contribution in [0.15, 0.2) is 24.3 Å². The zero-order valence-electron chi connectivity index (χ0n) is 11.4. The summed E-state index contributed by atoms with van der Waals surface area (Å²) in [5.74, 6) is -0.208. The lowest BCUT2D eigenvalue weighted by molar-refractivity contribution is 0.0255. The highest BCUT2D eigenvalue weighted by Gasteiger charge is 1.94. The fourth-order valence-electron chi connectivity index (χ4n) is 1.44. The van der Waals surface area contributed by atoms with Crippen molar-refractivity contribution in [2.45, 2.75) is 6.54 Å². The first-order valence-electron chi connectivity index (χ1n) is 6.42. The third kappa shape index (κ3) is 8.67. The number of hydrogen-bond donors (Lipinski definition) is 1. The molecule has 0 aliphatic rings. The van der Waals surface area contributed by atoms with E-state index in [1.807, 2.05) is 0 Å². The van der Waals surface area contributed by atoms with Gasteiger partial charge in [0.15, 0.2) is 0 Å². The summed E-state index contributed by atoms with van der Waals surface area (Å²) in [6.07, 6.45) is 0. The third-order valence-corrected chi connectivity index (χ3v) is 2.47. The van der Waals surface area contributed by atoms with Crippen LogP contribution in [0.2, 0.25) is 0 Å². The minimum absolute atomic E-state index is 0.208. The molecule has 0 unspecified atom stereocenters. The Hall–Kier alpha value is -1.01. The first kappa shape index (κ1) is 16.0. The predicted molar refractivity (Wildman–Crippen MR) is 71.6 cm³/mol. The molecule has 0 fully saturated rings. The number of methoxy groups -OCH3 is 1. The Morgan fingerprint density at radius 1 is 0.947 bits per heavy atom. The molecule has 0 amide bonds. The zero-order valence-corrected chi connectivity index (χ0v) is 11.4. The lowest BCUT2D eigenvalue weighted by atomic mass is 10.2. The van der Waals surface area contributed by atoms with E-state index >= 15 is 0 Å². The van der Waals surface area contributed by atoms with Crippen LogP contribution in [-0.4, -0.2) is 46.7 Å². The van der Waals surface area contributed by atoms with Crippen molar-refractivity contribution >= 4 is 0 Å². The zero-order chi connectivity index (χ0) is 13.8. The second-order valence-corrected chi connectivity index (χ2v) is 4.02. The van der Waals surface area contributed by atoms with Crippen molar-refractivity contribution in [3.63, 3.8) is 0 Å². The molecule has 1 aromatic rings. The van der Waals surface area contributed by atoms with Crippen molar-refractivity contribution in [1.82, 2.24) is 5.32 Å². The van der Waals surface area contributed by atoms with Crippen LogP contribution in [-0.2, 0) is 20.8 Å². The summed E-state index contributed by atoms with van der Waals surface area (Å²) in [6.45, 7) is 4.49. The minimum atomic E-state index is -0.208. The Labute approximate surface area is 113 Å². The smallest absolute Gasteiger partial charge is 0.123 e. The van der Waals surface area contributed by atoms with Gasteiger partial charge in [-0.1, -0.05) is 12.1 Å². The molecule has 1 aromatic carbocycles. The molecule has 5 heteroatoms. The number of ether oxygens (including phenoxy) is 3. The number of benzene rings is 1. The largest absolute Gasteiger partial charge is 0.382 e. The Balaban J connectivity index is 1.87. The first-order valence-corrected chi connectivity index (χ1v) is 6.42. The molecule has 0 aliphatic carbocycles. The number of hydrogen-bond acceptors (Lipinski definition) is 4. The lowest BCUT2D eigenvalue weighted by Crippen LogP contribution is -2.20. The number of halogens is 1. The SMILES string of the molecule is COCCOCCOCCNCc1ccc(F)cc1. The maximum absolute atomic E-state index is 12.7. The summed E-state index contributed by atoms with van der Waals surface area (Å²) in [7, 11) is 1.65. The summed E-state index contributed by atoms with van der Waals surface area (Å²) < 4.78 is 28.2. The third-order valence-electron chi connectivity index (χ3n) is 2.47. The standard InChI is InChI=1S/C14H22FNO3/c1-17-8-9-19-11-10-18-7-6-16-12-13-2-4-14(15)5-3-13/h2-5,16H,6-12H2,1H3. The van der Waals surface area contributed by atoms with Crippen LogP contribution in [0.4, 0.5) is 4.39 Å². The molecule has 19 heavy (non-hydrogen) atoms. The Kier molecular flexibility index (Phi) is 9.18. The van der Waals surface area contributed by atoms with E-state index in [-0.39, 0.29) is 5.82 Å². The summed E-state index contributed by atoms with van der Waals surface area (Å²) in [5.41, 5.74) is 1.06. The Morgan fingerprint density at radius 2 is 1.58 bits per heavy atom. The number of rotatable bonds is 11. The molecule has 0 spiro atoms. The van der Waals surface area contributed by atoms with Gasteiger partial charge in [-0.3, -0.25) is 0 Å². The van der Waals surface area contributed by atoms with E-state index in [4.69, 9.17) is 14.2 Å². The fraction of sp³-hybridized carbons (Fsp3) is 0.571. The Bertz CT molecular complexity index is 319. The van der Waals surface area contributed by atoms with Gasteiger partial charge in [0.1, 0.15) is 5.82 Å². The van der Waals surface area contributed by atoms with Crippen LogP contribution in [0.3, 0.4) is 0 Å². The molecule has 0 bridgehead atoms. The van der Waals surface area contributed by atoms with Gasteiger partial charge in [0.25, 0.3) is 0 Å². The molecule has 0 aromatic heterocycles. The van der Waals surface area contributed by atoms with Gasteiger partial charge in [0.2, 0.25) is 0 Å². The van der Waals surface area contributed by atoms with Crippen LogP contribution >= 0.6 is 0 Å². The fourth-order valence-corrected chi connectivity index (χ4v) is 1.44. The monoisotopic (exact) mass is 271 g/mol. The molecule has 1 rings (SSSR count). The maximum Gasteiger partial charge on any atom is 0.123 e. The van der Waals surface area contributed by atoms with E-state index < -0.39 is 0 Å². The summed E-state index contributed by atoms with van der Waals surface area (Å²) in [5, 5.41) is 3.22. The van der Waals surface area contributed by atoms with Crippen LogP contribution < -0.4 is 5.32 Å². The second kappa shape index (κ2) is 10.9. The highest BCUT2D eigenvalue weighted by Crippen LogP contribution is 2.01. The quantitative estimate of drug-likeness (QED) is 0.621. The van der Waals surface area contributed by atoms with Gasteiger partial charge in [-0.25, -0.2) is 4.39 Å². The normalized spacial score (nSPS) is 10.8. The van der Waals surface area contributed by atoms with Gasteiger partial charge < -0.3 is 19.5 Å². The van der Waals surface area contributed by atoms with E-state index in [0.717, 1.165) is 12.1 Å². The molecule has 108 valence electrons. The van der Waals surface area contributed by atoms with Crippen molar-refractivity contribution in [3.05, 3.63) is 35.6 Å². The van der Waals surface area contributed by atoms with Gasteiger partial charge in [0.05, 0.1) is 33.0 Å². The lowest BCUT2D eigenvalue weighted by Gasteiger charge is -2.07. The summed E-state index contributed by atoms with van der Waals surface area (Å²) in [6, 6.07) is 6.47. The van der Waals surface area contributed by atoms with Crippen molar-refractivity contribution in [2.24, 2.45) is 0 Å². The van der Waals surface area contributed by atoms with Gasteiger partial charge in [0, 0.05) is 20.2 Å². The molecular weight excluding hydrogens is 249 g/mol. The van der Waals surface area contributed by atoms with Gasteiger partial charge in [-0.2, -0.15) is 0 Å². The average Bonchev–Trinajstić information content (AvgIpc) is 2.43. The van der Waals surface area contributed by atoms with Crippen molar-refractivity contribution in [2.75, 3.05) is 46.7 Å². The molecule has 1 N–H and O–H groups in total. The van der Waals surface area contributed by atoms with Crippen molar-refractivity contribution < 1.29 is 18.6 Å². The van der Waals surface area contributed by atoms with Gasteiger partial charge in [-0.05, 0) is 17.7 Å². The minimum Gasteiger partial charge on any atom is -0.382 e. The molecule has 0 atom stereocenters. The van der Waals surface area contributed by atoms with E-state index in [1.54, 1.807) is 19.2 Å². The molecule has 0 aliphatic heterocycles. The van der Waals surface area contributed by atoms with Crippen molar-refractivity contribution in [3.8, 4) is 0 Å². The first-order chi connectivity index (χ1) is 9.33. The molecule has 0 saturated carbocycles. The maximum atomic E-state index is 12.7. The Morgan fingerprint density at radius 3 is 2.26 bits per heavy atom. The topological polar surface area (TPSA) is 39.7 Å². The van der Waals surface area contributed by atoms with E-state index in [1.165, 1.54) is 12.1 Å². The molecule has 0 heterocycles. The summed E-state index contributed by atoms with van der Waals surface area (Å²) in [4.78, 5) is 0. The number of nitrogens with one attached hydrogen (secondary N) is 1. The molecular formula is C14H22FNO3. The van der Waals surface area contributed by atoms with Crippen molar-refractivity contribution in [1.29, 1.82) is 0 Å². The highest BCUT2D eigenvalue weighted by molar-refractivity contribution is 5.15. The van der Waals surface area contributed by atoms with E-state index in [9.17, 15) is 4.39 Å². The van der Waals surface area contributed by atoms with Gasteiger partial charge >= 0.3 is 0 Å².